The number of hydrogen-bond donors (Lipinski definition) is 2. The number of rotatable bonds is 6. The van der Waals surface area contributed by atoms with Gasteiger partial charge in [0.2, 0.25) is 0 Å². The molecule has 0 aliphatic heterocycles. The number of aliphatic hydroxyl groups excluding tert-OH is 1. The number of thiazole rings is 1. The summed E-state index contributed by atoms with van der Waals surface area (Å²) in [4.78, 5) is 17.2. The third-order valence-electron chi connectivity index (χ3n) is 4.35. The predicted octanol–water partition coefficient (Wildman–Crippen LogP) is 3.42. The zero-order valence-electron chi connectivity index (χ0n) is 14.6. The second-order valence-electron chi connectivity index (χ2n) is 6.31. The molecule has 1 atom stereocenters. The second kappa shape index (κ2) is 7.73. The molecule has 0 bridgehead atoms. The van der Waals surface area contributed by atoms with Crippen LogP contribution in [0.15, 0.2) is 73.1 Å². The Balaban J connectivity index is 1.51. The van der Waals surface area contributed by atoms with Crippen LogP contribution in [0.5, 0.6) is 0 Å². The van der Waals surface area contributed by atoms with Gasteiger partial charge in [-0.05, 0) is 42.3 Å². The number of carbonyl (C=O) groups excluding carboxylic acids is 1. The Morgan fingerprint density at radius 1 is 1.11 bits per heavy atom. The van der Waals surface area contributed by atoms with Gasteiger partial charge in [-0.15, -0.1) is 0 Å². The molecule has 0 saturated carbocycles. The van der Waals surface area contributed by atoms with Crippen LogP contribution >= 0.6 is 11.3 Å². The summed E-state index contributed by atoms with van der Waals surface area (Å²) >= 11 is 1.54. The molecule has 0 fully saturated rings. The van der Waals surface area contributed by atoms with E-state index in [0.29, 0.717) is 12.0 Å². The van der Waals surface area contributed by atoms with E-state index in [1.807, 2.05) is 71.6 Å². The van der Waals surface area contributed by atoms with Gasteiger partial charge in [0.25, 0.3) is 5.91 Å². The monoisotopic (exact) mass is 377 g/mol. The first-order valence-corrected chi connectivity index (χ1v) is 9.54. The Kier molecular flexibility index (Phi) is 5.00. The summed E-state index contributed by atoms with van der Waals surface area (Å²) in [5.41, 5.74) is 2.51. The molecule has 2 N–H and O–H groups in total. The fourth-order valence-corrected chi connectivity index (χ4v) is 3.93. The number of aliphatic hydroxyl groups is 1. The molecule has 0 spiro atoms. The zero-order chi connectivity index (χ0) is 18.6. The van der Waals surface area contributed by atoms with Crippen molar-refractivity contribution < 1.29 is 9.90 Å². The van der Waals surface area contributed by atoms with Crippen LogP contribution in [0.25, 0.3) is 15.3 Å². The molecule has 0 radical (unpaired) electrons. The highest BCUT2D eigenvalue weighted by atomic mass is 32.1. The van der Waals surface area contributed by atoms with Crippen molar-refractivity contribution in [1.29, 1.82) is 0 Å². The van der Waals surface area contributed by atoms with Crippen LogP contribution in [0.4, 0.5) is 0 Å². The van der Waals surface area contributed by atoms with Crippen LogP contribution in [0, 0.1) is 0 Å². The van der Waals surface area contributed by atoms with Crippen LogP contribution in [0.1, 0.15) is 15.9 Å². The highest BCUT2D eigenvalue weighted by Crippen LogP contribution is 2.26. The van der Waals surface area contributed by atoms with Crippen molar-refractivity contribution in [3.63, 3.8) is 0 Å². The van der Waals surface area contributed by atoms with E-state index >= 15 is 0 Å². The average molecular weight is 377 g/mol. The van der Waals surface area contributed by atoms with Crippen LogP contribution < -0.4 is 5.32 Å². The number of nitrogens with zero attached hydrogens (tertiary/aromatic N) is 2. The molecule has 4 rings (SSSR count). The van der Waals surface area contributed by atoms with Crippen molar-refractivity contribution in [2.75, 3.05) is 6.61 Å². The lowest BCUT2D eigenvalue weighted by atomic mass is 10.1. The summed E-state index contributed by atoms with van der Waals surface area (Å²) in [6, 6.07) is 18.9. The molecule has 5 nitrogen and oxygen atoms in total. The molecule has 0 saturated heterocycles. The minimum atomic E-state index is -0.326. The number of amides is 1. The molecular weight excluding hydrogens is 358 g/mol. The number of fused-ring (bicyclic) bond motifs is 1. The molecule has 2 heterocycles. The normalized spacial score (nSPS) is 12.2. The first kappa shape index (κ1) is 17.5. The summed E-state index contributed by atoms with van der Waals surface area (Å²) in [5, 5.41) is 13.4. The van der Waals surface area contributed by atoms with Crippen LogP contribution in [-0.2, 0) is 6.42 Å². The molecule has 6 heteroatoms. The number of benzene rings is 2. The van der Waals surface area contributed by atoms with Gasteiger partial charge < -0.3 is 15.0 Å². The van der Waals surface area contributed by atoms with Crippen LogP contribution in [-0.4, -0.2) is 33.2 Å². The van der Waals surface area contributed by atoms with Crippen molar-refractivity contribution in [3.8, 4) is 5.13 Å². The molecule has 2 aromatic heterocycles. The summed E-state index contributed by atoms with van der Waals surface area (Å²) in [6.45, 7) is -0.110. The molecule has 0 aliphatic rings. The summed E-state index contributed by atoms with van der Waals surface area (Å²) in [7, 11) is 0. The van der Waals surface area contributed by atoms with E-state index in [1.165, 1.54) is 11.3 Å². The SMILES string of the molecule is O=C(N[C@@H](CO)Cc1ccccc1)c1ccc2nc(-n3cccc3)sc2c1. The Morgan fingerprint density at radius 3 is 2.63 bits per heavy atom. The fraction of sp³-hybridized carbons (Fsp3) is 0.143. The van der Waals surface area contributed by atoms with Crippen LogP contribution in [0.3, 0.4) is 0 Å². The first-order chi connectivity index (χ1) is 13.2. The van der Waals surface area contributed by atoms with Crippen molar-refractivity contribution in [2.45, 2.75) is 12.5 Å². The Morgan fingerprint density at radius 2 is 1.89 bits per heavy atom. The van der Waals surface area contributed by atoms with E-state index in [0.717, 1.165) is 20.9 Å². The van der Waals surface area contributed by atoms with Gasteiger partial charge in [-0.1, -0.05) is 41.7 Å². The highest BCUT2D eigenvalue weighted by Gasteiger charge is 2.15. The fourth-order valence-electron chi connectivity index (χ4n) is 2.95. The lowest BCUT2D eigenvalue weighted by Gasteiger charge is -2.16. The minimum absolute atomic E-state index is 0.110. The Labute approximate surface area is 160 Å². The van der Waals surface area contributed by atoms with Gasteiger partial charge in [-0.25, -0.2) is 4.98 Å². The minimum Gasteiger partial charge on any atom is -0.394 e. The molecule has 4 aromatic rings. The number of nitrogens with one attached hydrogen (secondary N) is 1. The first-order valence-electron chi connectivity index (χ1n) is 8.72. The Hall–Kier alpha value is -2.96. The van der Waals surface area contributed by atoms with Gasteiger partial charge in [0.15, 0.2) is 5.13 Å². The maximum Gasteiger partial charge on any atom is 0.251 e. The van der Waals surface area contributed by atoms with Gasteiger partial charge in [-0.3, -0.25) is 4.79 Å². The molecular formula is C21H19N3O2S. The zero-order valence-corrected chi connectivity index (χ0v) is 15.4. The van der Waals surface area contributed by atoms with Gasteiger partial charge in [-0.2, -0.15) is 0 Å². The van der Waals surface area contributed by atoms with E-state index in [9.17, 15) is 9.90 Å². The molecule has 1 amide bonds. The van der Waals surface area contributed by atoms with Gasteiger partial charge in [0.05, 0.1) is 22.9 Å². The second-order valence-corrected chi connectivity index (χ2v) is 7.32. The maximum absolute atomic E-state index is 12.6. The highest BCUT2D eigenvalue weighted by molar-refractivity contribution is 7.20. The summed E-state index contributed by atoms with van der Waals surface area (Å²) in [6.07, 6.45) is 4.48. The standard InChI is InChI=1S/C21H19N3O2S/c25-14-17(12-15-6-2-1-3-7-15)22-20(26)16-8-9-18-19(13-16)27-21(23-18)24-10-4-5-11-24/h1-11,13,17,25H,12,14H2,(H,22,26)/t17-/m1/s1. The van der Waals surface area contributed by atoms with Crippen LogP contribution in [0.2, 0.25) is 0 Å². The molecule has 2 aromatic carbocycles. The van der Waals surface area contributed by atoms with E-state index < -0.39 is 0 Å². The number of aromatic nitrogens is 2. The molecule has 136 valence electrons. The third-order valence-corrected chi connectivity index (χ3v) is 5.38. The third kappa shape index (κ3) is 3.92. The van der Waals surface area contributed by atoms with Crippen molar-refractivity contribution >= 4 is 27.5 Å². The summed E-state index contributed by atoms with van der Waals surface area (Å²) in [5.74, 6) is -0.192. The van der Waals surface area contributed by atoms with Crippen molar-refractivity contribution in [2.24, 2.45) is 0 Å². The topological polar surface area (TPSA) is 67.2 Å². The van der Waals surface area contributed by atoms with Gasteiger partial charge in [0.1, 0.15) is 0 Å². The number of carbonyl (C=O) groups is 1. The number of hydrogen-bond acceptors (Lipinski definition) is 4. The van der Waals surface area contributed by atoms with E-state index in [1.54, 1.807) is 6.07 Å². The van der Waals surface area contributed by atoms with Gasteiger partial charge in [0, 0.05) is 18.0 Å². The quantitative estimate of drug-likeness (QED) is 0.541. The van der Waals surface area contributed by atoms with E-state index in [4.69, 9.17) is 0 Å². The Bertz CT molecular complexity index is 1040. The lowest BCUT2D eigenvalue weighted by Crippen LogP contribution is -2.39. The van der Waals surface area contributed by atoms with E-state index in [-0.39, 0.29) is 18.6 Å². The summed E-state index contributed by atoms with van der Waals surface area (Å²) < 4.78 is 2.90. The van der Waals surface area contributed by atoms with Crippen molar-refractivity contribution in [1.82, 2.24) is 14.9 Å². The van der Waals surface area contributed by atoms with Gasteiger partial charge >= 0.3 is 0 Å². The molecule has 0 unspecified atom stereocenters. The smallest absolute Gasteiger partial charge is 0.251 e. The largest absolute Gasteiger partial charge is 0.394 e. The maximum atomic E-state index is 12.6. The predicted molar refractivity (Wildman–Crippen MR) is 107 cm³/mol. The lowest BCUT2D eigenvalue weighted by molar-refractivity contribution is 0.0916. The average Bonchev–Trinajstić information content (AvgIpc) is 3.37. The van der Waals surface area contributed by atoms with Crippen molar-refractivity contribution in [3.05, 3.63) is 84.2 Å². The van der Waals surface area contributed by atoms with E-state index in [2.05, 4.69) is 10.3 Å². The molecule has 27 heavy (non-hydrogen) atoms. The molecule has 0 aliphatic carbocycles.